The third kappa shape index (κ3) is 4.36. The lowest BCUT2D eigenvalue weighted by Gasteiger charge is -2.26. The normalized spacial score (nSPS) is 22.8. The van der Waals surface area contributed by atoms with Gasteiger partial charge in [-0.2, -0.15) is 0 Å². The Morgan fingerprint density at radius 3 is 2.54 bits per heavy atom. The number of nitrogens with zero attached hydrogens (tertiary/aromatic N) is 2. The van der Waals surface area contributed by atoms with E-state index in [0.29, 0.717) is 0 Å². The van der Waals surface area contributed by atoms with Crippen LogP contribution in [-0.4, -0.2) is 55.7 Å². The number of fused-ring (bicyclic) bond motifs is 1. The Kier molecular flexibility index (Phi) is 5.64. The highest BCUT2D eigenvalue weighted by molar-refractivity contribution is 8.13. The standard InChI is InChI=1S/C21H24N2O3S2/c1-26-18-9-7-17(8-10-18)13-27-21-22-19-14-28(24,25)15-20(19)23(21)12-11-16-5-3-2-4-6-16/h2-10,19-20H,11-15H2,1H3/t19-,20-/m0/s1. The molecule has 7 heteroatoms. The molecule has 1 fully saturated rings. The second-order valence-electron chi connectivity index (χ2n) is 7.19. The van der Waals surface area contributed by atoms with Gasteiger partial charge in [-0.3, -0.25) is 4.99 Å². The summed E-state index contributed by atoms with van der Waals surface area (Å²) in [6, 6.07) is 18.2. The molecule has 2 aromatic rings. The number of sulfone groups is 1. The Labute approximate surface area is 170 Å². The zero-order valence-electron chi connectivity index (χ0n) is 15.8. The van der Waals surface area contributed by atoms with Crippen LogP contribution in [0.25, 0.3) is 0 Å². The summed E-state index contributed by atoms with van der Waals surface area (Å²) in [4.78, 5) is 7.01. The molecule has 0 N–H and O–H groups in total. The minimum absolute atomic E-state index is 0.0212. The number of benzene rings is 2. The second kappa shape index (κ2) is 8.17. The number of hydrogen-bond acceptors (Lipinski definition) is 6. The molecule has 5 nitrogen and oxygen atoms in total. The highest BCUT2D eigenvalue weighted by atomic mass is 32.2. The Balaban J connectivity index is 1.46. The lowest BCUT2D eigenvalue weighted by molar-refractivity contribution is 0.352. The van der Waals surface area contributed by atoms with E-state index in [2.05, 4.69) is 29.2 Å². The number of ether oxygens (including phenoxy) is 1. The molecule has 4 rings (SSSR count). The molecule has 0 aromatic heterocycles. The molecule has 2 atom stereocenters. The van der Waals surface area contributed by atoms with Crippen LogP contribution >= 0.6 is 11.8 Å². The molecule has 2 heterocycles. The molecule has 2 aromatic carbocycles. The largest absolute Gasteiger partial charge is 0.497 e. The fraction of sp³-hybridized carbons (Fsp3) is 0.381. The van der Waals surface area contributed by atoms with Crippen molar-refractivity contribution >= 4 is 26.8 Å². The fourth-order valence-electron chi connectivity index (χ4n) is 3.73. The van der Waals surface area contributed by atoms with Crippen LogP contribution in [0.15, 0.2) is 59.6 Å². The lowest BCUT2D eigenvalue weighted by atomic mass is 10.1. The van der Waals surface area contributed by atoms with Crippen molar-refractivity contribution in [3.05, 3.63) is 65.7 Å². The summed E-state index contributed by atoms with van der Waals surface area (Å²) in [7, 11) is -1.33. The van der Waals surface area contributed by atoms with Gasteiger partial charge in [-0.1, -0.05) is 54.2 Å². The van der Waals surface area contributed by atoms with Gasteiger partial charge in [-0.25, -0.2) is 8.42 Å². The molecule has 0 aliphatic carbocycles. The summed E-state index contributed by atoms with van der Waals surface area (Å²) >= 11 is 1.69. The van der Waals surface area contributed by atoms with E-state index in [9.17, 15) is 8.42 Å². The highest BCUT2D eigenvalue weighted by Gasteiger charge is 2.46. The van der Waals surface area contributed by atoms with Gasteiger partial charge >= 0.3 is 0 Å². The van der Waals surface area contributed by atoms with Gasteiger partial charge in [-0.05, 0) is 29.7 Å². The summed E-state index contributed by atoms with van der Waals surface area (Å²) in [6.07, 6.45) is 0.881. The van der Waals surface area contributed by atoms with E-state index in [4.69, 9.17) is 9.73 Å². The number of rotatable bonds is 6. The first-order valence-corrected chi connectivity index (χ1v) is 12.2. The van der Waals surface area contributed by atoms with Crippen molar-refractivity contribution in [2.75, 3.05) is 25.2 Å². The Bertz CT molecular complexity index is 943. The summed E-state index contributed by atoms with van der Waals surface area (Å²) in [5.74, 6) is 2.03. The molecule has 2 aliphatic heterocycles. The first-order valence-electron chi connectivity index (χ1n) is 9.38. The zero-order chi connectivity index (χ0) is 19.6. The van der Waals surface area contributed by atoms with Crippen LogP contribution in [0.3, 0.4) is 0 Å². The Hall–Kier alpha value is -1.99. The summed E-state index contributed by atoms with van der Waals surface area (Å²) in [6.45, 7) is 0.787. The van der Waals surface area contributed by atoms with Gasteiger partial charge in [0.2, 0.25) is 0 Å². The van der Waals surface area contributed by atoms with Gasteiger partial charge in [-0.15, -0.1) is 0 Å². The van der Waals surface area contributed by atoms with Crippen LogP contribution in [-0.2, 0) is 22.0 Å². The van der Waals surface area contributed by atoms with Crippen molar-refractivity contribution in [2.45, 2.75) is 24.3 Å². The molecular weight excluding hydrogens is 392 g/mol. The van der Waals surface area contributed by atoms with E-state index in [1.165, 1.54) is 11.1 Å². The molecule has 0 unspecified atom stereocenters. The van der Waals surface area contributed by atoms with Gasteiger partial charge in [0, 0.05) is 12.3 Å². The molecule has 2 aliphatic rings. The smallest absolute Gasteiger partial charge is 0.160 e. The Morgan fingerprint density at radius 1 is 1.07 bits per heavy atom. The monoisotopic (exact) mass is 416 g/mol. The quantitative estimate of drug-likeness (QED) is 0.725. The van der Waals surface area contributed by atoms with Crippen molar-refractivity contribution in [3.8, 4) is 5.75 Å². The van der Waals surface area contributed by atoms with Crippen molar-refractivity contribution < 1.29 is 13.2 Å². The molecule has 148 valence electrons. The van der Waals surface area contributed by atoms with Gasteiger partial charge in [0.15, 0.2) is 15.0 Å². The highest BCUT2D eigenvalue weighted by Crippen LogP contribution is 2.32. The first-order chi connectivity index (χ1) is 13.5. The minimum atomic E-state index is -2.99. The average molecular weight is 417 g/mol. The number of amidine groups is 1. The number of methoxy groups -OCH3 is 1. The molecule has 0 bridgehead atoms. The topological polar surface area (TPSA) is 59.0 Å². The van der Waals surface area contributed by atoms with Gasteiger partial charge in [0.1, 0.15) is 5.75 Å². The minimum Gasteiger partial charge on any atom is -0.497 e. The van der Waals surface area contributed by atoms with Crippen LogP contribution in [0.1, 0.15) is 11.1 Å². The maximum atomic E-state index is 12.1. The first kappa shape index (κ1) is 19.3. The third-order valence-corrected chi connectivity index (χ3v) is 8.00. The fourth-order valence-corrected chi connectivity index (χ4v) is 6.70. The van der Waals surface area contributed by atoms with Crippen LogP contribution < -0.4 is 4.74 Å². The Morgan fingerprint density at radius 2 is 1.82 bits per heavy atom. The van der Waals surface area contributed by atoms with E-state index in [-0.39, 0.29) is 23.6 Å². The summed E-state index contributed by atoms with van der Waals surface area (Å²) < 4.78 is 29.4. The van der Waals surface area contributed by atoms with E-state index in [0.717, 1.165) is 29.6 Å². The van der Waals surface area contributed by atoms with Crippen LogP contribution in [0.2, 0.25) is 0 Å². The van der Waals surface area contributed by atoms with Crippen LogP contribution in [0.5, 0.6) is 5.75 Å². The number of thioether (sulfide) groups is 1. The predicted octanol–water partition coefficient (Wildman–Crippen LogP) is 3.01. The molecule has 0 amide bonds. The molecular formula is C21H24N2O3S2. The molecule has 0 radical (unpaired) electrons. The van der Waals surface area contributed by atoms with Crippen LogP contribution in [0.4, 0.5) is 0 Å². The van der Waals surface area contributed by atoms with E-state index < -0.39 is 9.84 Å². The molecule has 0 spiro atoms. The van der Waals surface area contributed by atoms with E-state index in [1.54, 1.807) is 18.9 Å². The van der Waals surface area contributed by atoms with Gasteiger partial charge in [0.25, 0.3) is 0 Å². The summed E-state index contributed by atoms with van der Waals surface area (Å²) in [5.41, 5.74) is 2.45. The van der Waals surface area contributed by atoms with Crippen LogP contribution in [0, 0.1) is 0 Å². The molecule has 28 heavy (non-hydrogen) atoms. The van der Waals surface area contributed by atoms with Gasteiger partial charge in [0.05, 0.1) is 30.7 Å². The van der Waals surface area contributed by atoms with Crippen molar-refractivity contribution in [2.24, 2.45) is 4.99 Å². The lowest BCUT2D eigenvalue weighted by Crippen LogP contribution is -2.40. The maximum Gasteiger partial charge on any atom is 0.160 e. The van der Waals surface area contributed by atoms with E-state index in [1.807, 2.05) is 30.3 Å². The number of aliphatic imine (C=N–C) groups is 1. The predicted molar refractivity (Wildman–Crippen MR) is 115 cm³/mol. The third-order valence-electron chi connectivity index (χ3n) is 5.23. The SMILES string of the molecule is COc1ccc(CSC2=N[C@H]3CS(=O)(=O)C[C@@H]3N2CCc2ccccc2)cc1. The van der Waals surface area contributed by atoms with Crippen molar-refractivity contribution in [1.29, 1.82) is 0 Å². The maximum absolute atomic E-state index is 12.1. The zero-order valence-corrected chi connectivity index (χ0v) is 17.5. The number of hydrogen-bond donors (Lipinski definition) is 0. The molecule has 1 saturated heterocycles. The van der Waals surface area contributed by atoms with E-state index >= 15 is 0 Å². The average Bonchev–Trinajstić information content (AvgIpc) is 3.17. The molecule has 0 saturated carbocycles. The van der Waals surface area contributed by atoms with Crippen molar-refractivity contribution in [3.63, 3.8) is 0 Å². The second-order valence-corrected chi connectivity index (χ2v) is 10.3. The summed E-state index contributed by atoms with van der Waals surface area (Å²) in [5, 5.41) is 0.969. The van der Waals surface area contributed by atoms with Gasteiger partial charge < -0.3 is 9.64 Å². The van der Waals surface area contributed by atoms with Crippen molar-refractivity contribution in [1.82, 2.24) is 4.90 Å².